The third-order valence-corrected chi connectivity index (χ3v) is 4.47. The molecule has 2 N–H and O–H groups in total. The van der Waals surface area contributed by atoms with Gasteiger partial charge in [-0.15, -0.1) is 0 Å². The van der Waals surface area contributed by atoms with Crippen molar-refractivity contribution in [3.8, 4) is 11.5 Å². The van der Waals surface area contributed by atoms with Crippen LogP contribution in [0.2, 0.25) is 0 Å². The zero-order chi connectivity index (χ0) is 22.4. The van der Waals surface area contributed by atoms with Crippen LogP contribution in [-0.4, -0.2) is 30.6 Å². The minimum Gasteiger partial charge on any atom is -0.493 e. The molecular weight excluding hydrogens is 405 g/mol. The van der Waals surface area contributed by atoms with Crippen LogP contribution in [-0.2, 0) is 6.54 Å². The summed E-state index contributed by atoms with van der Waals surface area (Å²) in [6.45, 7) is 0.165. The Kier molecular flexibility index (Phi) is 6.66. The smallest absolute Gasteiger partial charge is 0.275 e. The fourth-order valence-electron chi connectivity index (χ4n) is 2.85. The van der Waals surface area contributed by atoms with Crippen LogP contribution in [0.15, 0.2) is 65.6 Å². The van der Waals surface area contributed by atoms with Crippen molar-refractivity contribution in [2.45, 2.75) is 6.54 Å². The van der Waals surface area contributed by atoms with Gasteiger partial charge in [0.25, 0.3) is 17.4 Å². The number of pyridine rings is 1. The lowest BCUT2D eigenvalue weighted by Crippen LogP contribution is -2.44. The second kappa shape index (κ2) is 9.57. The molecule has 0 fully saturated rings. The molecule has 1 aromatic heterocycles. The van der Waals surface area contributed by atoms with Crippen LogP contribution < -0.4 is 25.9 Å². The molecule has 160 valence electrons. The lowest BCUT2D eigenvalue weighted by molar-refractivity contribution is 0.0845. The molecule has 0 radical (unpaired) electrons. The number of amides is 2. The van der Waals surface area contributed by atoms with Gasteiger partial charge < -0.3 is 14.0 Å². The van der Waals surface area contributed by atoms with Gasteiger partial charge in [-0.1, -0.05) is 12.1 Å². The number of nitrogens with one attached hydrogen (secondary N) is 2. The number of halogens is 1. The number of hydrogen-bond acceptors (Lipinski definition) is 5. The summed E-state index contributed by atoms with van der Waals surface area (Å²) in [5.41, 5.74) is 4.71. The highest BCUT2D eigenvalue weighted by atomic mass is 19.1. The number of hydrogen-bond donors (Lipinski definition) is 2. The molecule has 9 heteroatoms. The molecule has 0 saturated carbocycles. The molecule has 31 heavy (non-hydrogen) atoms. The van der Waals surface area contributed by atoms with E-state index in [1.54, 1.807) is 18.2 Å². The Labute approximate surface area is 177 Å². The molecular formula is C22H20FN3O5. The van der Waals surface area contributed by atoms with E-state index < -0.39 is 17.4 Å². The van der Waals surface area contributed by atoms with Crippen molar-refractivity contribution >= 4 is 11.8 Å². The van der Waals surface area contributed by atoms with Crippen LogP contribution in [0, 0.1) is 5.82 Å². The maximum Gasteiger partial charge on any atom is 0.275 e. The molecule has 8 nitrogen and oxygen atoms in total. The van der Waals surface area contributed by atoms with Crippen LogP contribution in [0.25, 0.3) is 0 Å². The van der Waals surface area contributed by atoms with E-state index in [-0.39, 0.29) is 23.5 Å². The van der Waals surface area contributed by atoms with Crippen LogP contribution in [0.5, 0.6) is 11.5 Å². The fraction of sp³-hybridized carbons (Fsp3) is 0.136. The van der Waals surface area contributed by atoms with E-state index in [0.717, 1.165) is 0 Å². The lowest BCUT2D eigenvalue weighted by atomic mass is 10.2. The van der Waals surface area contributed by atoms with Gasteiger partial charge in [0.15, 0.2) is 11.5 Å². The van der Waals surface area contributed by atoms with Crippen LogP contribution >= 0.6 is 0 Å². The number of methoxy groups -OCH3 is 2. The quantitative estimate of drug-likeness (QED) is 0.590. The summed E-state index contributed by atoms with van der Waals surface area (Å²) in [5, 5.41) is 0. The van der Waals surface area contributed by atoms with Crippen molar-refractivity contribution in [2.24, 2.45) is 0 Å². The molecule has 0 atom stereocenters. The molecule has 0 saturated heterocycles. The summed E-state index contributed by atoms with van der Waals surface area (Å²) >= 11 is 0. The van der Waals surface area contributed by atoms with Gasteiger partial charge in [-0.25, -0.2) is 4.39 Å². The van der Waals surface area contributed by atoms with Gasteiger partial charge in [-0.3, -0.25) is 25.2 Å². The number of carbonyl (C=O) groups is 2. The molecule has 0 aliphatic rings. The Morgan fingerprint density at radius 2 is 1.61 bits per heavy atom. The molecule has 0 spiro atoms. The van der Waals surface area contributed by atoms with Gasteiger partial charge in [0.2, 0.25) is 0 Å². The van der Waals surface area contributed by atoms with E-state index in [0.29, 0.717) is 17.1 Å². The minimum absolute atomic E-state index is 0.155. The number of nitrogens with zero attached hydrogens (tertiary/aromatic N) is 1. The maximum absolute atomic E-state index is 13.1. The maximum atomic E-state index is 13.1. The second-order valence-corrected chi connectivity index (χ2v) is 6.46. The number of ether oxygens (including phenoxy) is 2. The number of carbonyl (C=O) groups excluding carboxylic acids is 2. The Morgan fingerprint density at radius 3 is 2.29 bits per heavy atom. The zero-order valence-corrected chi connectivity index (χ0v) is 16.8. The molecule has 0 aliphatic heterocycles. The van der Waals surface area contributed by atoms with Crippen LogP contribution in [0.3, 0.4) is 0 Å². The van der Waals surface area contributed by atoms with E-state index in [2.05, 4.69) is 10.9 Å². The Balaban J connectivity index is 1.70. The molecule has 3 aromatic rings. The largest absolute Gasteiger partial charge is 0.493 e. The number of hydrazine groups is 1. The predicted octanol–water partition coefficient (Wildman–Crippen LogP) is 2.13. The summed E-state index contributed by atoms with van der Waals surface area (Å²) in [6, 6.07) is 13.1. The summed E-state index contributed by atoms with van der Waals surface area (Å²) < 4.78 is 24.6. The zero-order valence-electron chi connectivity index (χ0n) is 16.8. The van der Waals surface area contributed by atoms with Gasteiger partial charge in [0.1, 0.15) is 11.4 Å². The van der Waals surface area contributed by atoms with Crippen molar-refractivity contribution in [1.29, 1.82) is 0 Å². The van der Waals surface area contributed by atoms with Gasteiger partial charge in [0.05, 0.1) is 20.8 Å². The van der Waals surface area contributed by atoms with E-state index in [1.807, 2.05) is 0 Å². The topological polar surface area (TPSA) is 98.7 Å². The van der Waals surface area contributed by atoms with Crippen LogP contribution in [0.4, 0.5) is 4.39 Å². The first kappa shape index (κ1) is 21.6. The molecule has 3 rings (SSSR count). The van der Waals surface area contributed by atoms with E-state index >= 15 is 0 Å². The SMILES string of the molecule is COc1ccc(C(=O)NNC(=O)c2cccn(Cc3ccc(F)cc3)c2=O)cc1OC. The van der Waals surface area contributed by atoms with Gasteiger partial charge in [0, 0.05) is 11.8 Å². The third kappa shape index (κ3) is 5.08. The number of aromatic nitrogens is 1. The Morgan fingerprint density at radius 1 is 0.935 bits per heavy atom. The number of benzene rings is 2. The van der Waals surface area contributed by atoms with Crippen molar-refractivity contribution < 1.29 is 23.5 Å². The summed E-state index contributed by atoms with van der Waals surface area (Å²) in [7, 11) is 2.91. The second-order valence-electron chi connectivity index (χ2n) is 6.46. The first-order valence-corrected chi connectivity index (χ1v) is 9.19. The molecule has 2 amide bonds. The van der Waals surface area contributed by atoms with Crippen LogP contribution in [0.1, 0.15) is 26.3 Å². The van der Waals surface area contributed by atoms with E-state index in [9.17, 15) is 18.8 Å². The fourth-order valence-corrected chi connectivity index (χ4v) is 2.85. The highest BCUT2D eigenvalue weighted by Gasteiger charge is 2.15. The predicted molar refractivity (Wildman–Crippen MR) is 111 cm³/mol. The van der Waals surface area contributed by atoms with E-state index in [1.165, 1.54) is 61.4 Å². The summed E-state index contributed by atoms with van der Waals surface area (Å²) in [5.74, 6) is -0.944. The van der Waals surface area contributed by atoms with Gasteiger partial charge in [-0.2, -0.15) is 0 Å². The minimum atomic E-state index is -0.771. The summed E-state index contributed by atoms with van der Waals surface area (Å²) in [4.78, 5) is 37.4. The van der Waals surface area contributed by atoms with Crippen molar-refractivity contribution in [2.75, 3.05) is 14.2 Å². The first-order chi connectivity index (χ1) is 14.9. The normalized spacial score (nSPS) is 10.3. The monoisotopic (exact) mass is 425 g/mol. The first-order valence-electron chi connectivity index (χ1n) is 9.19. The molecule has 0 bridgehead atoms. The third-order valence-electron chi connectivity index (χ3n) is 4.47. The molecule has 1 heterocycles. The highest BCUT2D eigenvalue weighted by Crippen LogP contribution is 2.27. The molecule has 2 aromatic carbocycles. The van der Waals surface area contributed by atoms with Crippen molar-refractivity contribution in [3.05, 3.63) is 93.7 Å². The number of rotatable bonds is 6. The van der Waals surface area contributed by atoms with Crippen molar-refractivity contribution in [1.82, 2.24) is 15.4 Å². The molecule has 0 aliphatic carbocycles. The van der Waals surface area contributed by atoms with E-state index in [4.69, 9.17) is 9.47 Å². The standard InChI is InChI=1S/C22H20FN3O5/c1-30-18-10-7-15(12-19(18)31-2)20(27)24-25-21(28)17-4-3-11-26(22(17)29)13-14-5-8-16(23)9-6-14/h3-12H,13H2,1-2H3,(H,24,27)(H,25,28). The van der Waals surface area contributed by atoms with Gasteiger partial charge >= 0.3 is 0 Å². The Bertz CT molecular complexity index is 1160. The summed E-state index contributed by atoms with van der Waals surface area (Å²) in [6.07, 6.45) is 1.52. The average molecular weight is 425 g/mol. The van der Waals surface area contributed by atoms with Crippen molar-refractivity contribution in [3.63, 3.8) is 0 Å². The van der Waals surface area contributed by atoms with Gasteiger partial charge in [-0.05, 0) is 48.0 Å². The lowest BCUT2D eigenvalue weighted by Gasteiger charge is -2.11. The Hall–Kier alpha value is -4.14. The molecule has 0 unspecified atom stereocenters. The highest BCUT2D eigenvalue weighted by molar-refractivity contribution is 5.99. The average Bonchev–Trinajstić information content (AvgIpc) is 2.79.